The average Bonchev–Trinajstić information content (AvgIpc) is 2.58. The van der Waals surface area contributed by atoms with E-state index >= 15 is 0 Å². The second kappa shape index (κ2) is 8.86. The second-order valence-corrected chi connectivity index (χ2v) is 5.76. The van der Waals surface area contributed by atoms with Crippen LogP contribution in [-0.2, 0) is 6.54 Å². The van der Waals surface area contributed by atoms with Crippen molar-refractivity contribution in [3.05, 3.63) is 54.1 Å². The number of hydrogen-bond donors (Lipinski definition) is 2. The molecule has 0 aliphatic heterocycles. The molecule has 128 valence electrons. The van der Waals surface area contributed by atoms with Gasteiger partial charge in [-0.25, -0.2) is 4.39 Å². The molecule has 2 N–H and O–H groups in total. The van der Waals surface area contributed by atoms with E-state index in [4.69, 9.17) is 4.74 Å². The fourth-order valence-corrected chi connectivity index (χ4v) is 1.98. The van der Waals surface area contributed by atoms with Crippen LogP contribution in [0.15, 0.2) is 47.7 Å². The number of ether oxygens (including phenoxy) is 1. The number of nitrogens with zero attached hydrogens (tertiary/aromatic N) is 2. The molecule has 0 spiro atoms. The number of nitrogens with one attached hydrogen (secondary N) is 2. The first-order valence-corrected chi connectivity index (χ1v) is 7.89. The maximum Gasteiger partial charge on any atom is 0.191 e. The second-order valence-electron chi connectivity index (χ2n) is 5.76. The molecule has 6 heteroatoms. The van der Waals surface area contributed by atoms with Crippen LogP contribution in [0.5, 0.6) is 11.5 Å². The van der Waals surface area contributed by atoms with Crippen molar-refractivity contribution in [2.45, 2.75) is 20.4 Å². The van der Waals surface area contributed by atoms with Crippen LogP contribution >= 0.6 is 0 Å². The van der Waals surface area contributed by atoms with Gasteiger partial charge in [-0.05, 0) is 35.7 Å². The molecule has 2 aromatic rings. The Morgan fingerprint density at radius 3 is 2.75 bits per heavy atom. The molecule has 1 aromatic heterocycles. The summed E-state index contributed by atoms with van der Waals surface area (Å²) in [5, 5.41) is 6.37. The highest BCUT2D eigenvalue weighted by Crippen LogP contribution is 2.24. The minimum Gasteiger partial charge on any atom is -0.453 e. The Hall–Kier alpha value is -2.63. The van der Waals surface area contributed by atoms with Crippen LogP contribution < -0.4 is 15.4 Å². The molecule has 0 bridgehead atoms. The molecule has 24 heavy (non-hydrogen) atoms. The first-order chi connectivity index (χ1) is 11.6. The lowest BCUT2D eigenvalue weighted by Gasteiger charge is -2.14. The molecule has 0 amide bonds. The fourth-order valence-electron chi connectivity index (χ4n) is 1.98. The van der Waals surface area contributed by atoms with Gasteiger partial charge in [0.1, 0.15) is 5.75 Å². The van der Waals surface area contributed by atoms with Gasteiger partial charge in [-0.3, -0.25) is 9.98 Å². The van der Waals surface area contributed by atoms with Crippen molar-refractivity contribution in [2.75, 3.05) is 13.6 Å². The van der Waals surface area contributed by atoms with Crippen molar-refractivity contribution in [1.82, 2.24) is 15.6 Å². The van der Waals surface area contributed by atoms with Gasteiger partial charge in [0.15, 0.2) is 17.5 Å². The quantitative estimate of drug-likeness (QED) is 0.630. The molecule has 0 radical (unpaired) electrons. The molecule has 1 aromatic carbocycles. The minimum absolute atomic E-state index is 0.175. The molecule has 5 nitrogen and oxygen atoms in total. The van der Waals surface area contributed by atoms with Crippen molar-refractivity contribution in [1.29, 1.82) is 0 Å². The maximum absolute atomic E-state index is 14.2. The van der Waals surface area contributed by atoms with Crippen molar-refractivity contribution in [2.24, 2.45) is 10.9 Å². The van der Waals surface area contributed by atoms with E-state index in [0.29, 0.717) is 24.2 Å². The zero-order valence-electron chi connectivity index (χ0n) is 14.2. The highest BCUT2D eigenvalue weighted by molar-refractivity contribution is 5.79. The molecule has 0 atom stereocenters. The Balaban J connectivity index is 1.94. The number of aliphatic imine (C=N–C) groups is 1. The molecule has 0 aliphatic rings. The van der Waals surface area contributed by atoms with Gasteiger partial charge in [0.2, 0.25) is 0 Å². The van der Waals surface area contributed by atoms with Crippen LogP contribution in [0.25, 0.3) is 0 Å². The third-order valence-corrected chi connectivity index (χ3v) is 3.22. The summed E-state index contributed by atoms with van der Waals surface area (Å²) in [4.78, 5) is 8.08. The number of halogens is 1. The van der Waals surface area contributed by atoms with E-state index in [9.17, 15) is 4.39 Å². The van der Waals surface area contributed by atoms with Crippen molar-refractivity contribution in [3.63, 3.8) is 0 Å². The Labute approximate surface area is 142 Å². The van der Waals surface area contributed by atoms with Gasteiger partial charge in [-0.15, -0.1) is 0 Å². The Morgan fingerprint density at radius 2 is 2.12 bits per heavy atom. The van der Waals surface area contributed by atoms with E-state index < -0.39 is 5.82 Å². The average molecular weight is 330 g/mol. The predicted molar refractivity (Wildman–Crippen MR) is 93.8 cm³/mol. The first-order valence-electron chi connectivity index (χ1n) is 7.89. The van der Waals surface area contributed by atoms with E-state index in [1.807, 2.05) is 6.07 Å². The third-order valence-electron chi connectivity index (χ3n) is 3.22. The van der Waals surface area contributed by atoms with Gasteiger partial charge in [0.05, 0.1) is 6.20 Å². The third kappa shape index (κ3) is 5.53. The number of guanidine groups is 1. The summed E-state index contributed by atoms with van der Waals surface area (Å²) in [5.41, 5.74) is 0.804. The number of benzene rings is 1. The molecule has 0 saturated heterocycles. The lowest BCUT2D eigenvalue weighted by Crippen LogP contribution is -2.38. The van der Waals surface area contributed by atoms with E-state index in [1.54, 1.807) is 37.6 Å². The fraction of sp³-hybridized carbons (Fsp3) is 0.333. The Bertz CT molecular complexity index is 674. The molecular weight excluding hydrogens is 307 g/mol. The van der Waals surface area contributed by atoms with E-state index in [1.165, 1.54) is 6.07 Å². The summed E-state index contributed by atoms with van der Waals surface area (Å²) in [6.07, 6.45) is 3.18. The monoisotopic (exact) mass is 330 g/mol. The van der Waals surface area contributed by atoms with Gasteiger partial charge >= 0.3 is 0 Å². The largest absolute Gasteiger partial charge is 0.453 e. The Kier molecular flexibility index (Phi) is 6.54. The van der Waals surface area contributed by atoms with Crippen LogP contribution in [0, 0.1) is 11.7 Å². The Morgan fingerprint density at radius 1 is 1.29 bits per heavy atom. The number of pyridine rings is 1. The summed E-state index contributed by atoms with van der Waals surface area (Å²) in [7, 11) is 1.71. The van der Waals surface area contributed by atoms with Gasteiger partial charge in [0.25, 0.3) is 0 Å². The van der Waals surface area contributed by atoms with Crippen molar-refractivity contribution in [3.8, 4) is 11.5 Å². The van der Waals surface area contributed by atoms with Crippen LogP contribution in [0.4, 0.5) is 4.39 Å². The van der Waals surface area contributed by atoms with Crippen LogP contribution in [0.1, 0.15) is 19.4 Å². The summed E-state index contributed by atoms with van der Waals surface area (Å²) < 4.78 is 19.7. The highest BCUT2D eigenvalue weighted by Gasteiger charge is 2.07. The summed E-state index contributed by atoms with van der Waals surface area (Å²) >= 11 is 0. The molecule has 0 unspecified atom stereocenters. The lowest BCUT2D eigenvalue weighted by atomic mass is 10.2. The zero-order valence-corrected chi connectivity index (χ0v) is 14.2. The van der Waals surface area contributed by atoms with Crippen LogP contribution in [0.3, 0.4) is 0 Å². The minimum atomic E-state index is -0.414. The summed E-state index contributed by atoms with van der Waals surface area (Å²) in [5.74, 6) is 1.47. The highest BCUT2D eigenvalue weighted by atomic mass is 19.1. The van der Waals surface area contributed by atoms with Crippen LogP contribution in [-0.4, -0.2) is 24.5 Å². The molecule has 0 aliphatic carbocycles. The summed E-state index contributed by atoms with van der Waals surface area (Å²) in [6, 6.07) is 8.35. The number of hydrogen-bond acceptors (Lipinski definition) is 3. The van der Waals surface area contributed by atoms with Gasteiger partial charge < -0.3 is 15.4 Å². The number of aromatic nitrogens is 1. The molecule has 0 fully saturated rings. The lowest BCUT2D eigenvalue weighted by molar-refractivity contribution is 0.440. The predicted octanol–water partition coefficient (Wildman–Crippen LogP) is 3.33. The summed E-state index contributed by atoms with van der Waals surface area (Å²) in [6.45, 7) is 5.54. The van der Waals surface area contributed by atoms with Crippen molar-refractivity contribution >= 4 is 5.96 Å². The standard InChI is InChI=1S/C18H23FN4O/c1-13(2)10-22-18(20-3)23-11-14-6-7-17(16(19)9-14)24-15-5-4-8-21-12-15/h4-9,12-13H,10-11H2,1-3H3,(H2,20,22,23). The molecule has 2 rings (SSSR count). The maximum atomic E-state index is 14.2. The van der Waals surface area contributed by atoms with Gasteiger partial charge in [-0.2, -0.15) is 0 Å². The van der Waals surface area contributed by atoms with Crippen LogP contribution in [0.2, 0.25) is 0 Å². The molecule has 0 saturated carbocycles. The molecule has 1 heterocycles. The van der Waals surface area contributed by atoms with Gasteiger partial charge in [-0.1, -0.05) is 19.9 Å². The van der Waals surface area contributed by atoms with Gasteiger partial charge in [0, 0.05) is 26.3 Å². The smallest absolute Gasteiger partial charge is 0.191 e. The SMILES string of the molecule is CN=C(NCc1ccc(Oc2cccnc2)c(F)c1)NCC(C)C. The molecular formula is C18H23FN4O. The zero-order chi connectivity index (χ0) is 17.4. The van der Waals surface area contributed by atoms with E-state index in [2.05, 4.69) is 34.5 Å². The number of rotatable bonds is 6. The van der Waals surface area contributed by atoms with Crippen molar-refractivity contribution < 1.29 is 9.13 Å². The van der Waals surface area contributed by atoms with E-state index in [0.717, 1.165) is 12.1 Å². The normalized spacial score (nSPS) is 11.5. The topological polar surface area (TPSA) is 58.5 Å². The van der Waals surface area contributed by atoms with E-state index in [-0.39, 0.29) is 5.75 Å². The first kappa shape index (κ1) is 17.7.